The summed E-state index contributed by atoms with van der Waals surface area (Å²) in [5.41, 5.74) is 0.920. The first-order valence-corrected chi connectivity index (χ1v) is 8.42. The lowest BCUT2D eigenvalue weighted by atomic mass is 10.3. The highest BCUT2D eigenvalue weighted by Crippen LogP contribution is 2.25. The van der Waals surface area contributed by atoms with Gasteiger partial charge in [0.2, 0.25) is 0 Å². The van der Waals surface area contributed by atoms with E-state index in [0.29, 0.717) is 48.7 Å². The fraction of sp³-hybridized carbons (Fsp3) is 0.600. The second-order valence-electron chi connectivity index (χ2n) is 4.86. The Hall–Kier alpha value is -1.40. The molecule has 0 atom stereocenters. The SMILES string of the molecule is CCNC(=NCc1cc(Cl)c(Cl)n1C)NCCCC(=O)OCC. The second kappa shape index (κ2) is 10.4. The molecule has 0 spiro atoms. The molecule has 2 N–H and O–H groups in total. The Labute approximate surface area is 147 Å². The first-order valence-electron chi connectivity index (χ1n) is 7.66. The van der Waals surface area contributed by atoms with E-state index in [-0.39, 0.29) is 5.97 Å². The van der Waals surface area contributed by atoms with Gasteiger partial charge in [0.1, 0.15) is 5.15 Å². The molecule has 6 nitrogen and oxygen atoms in total. The van der Waals surface area contributed by atoms with E-state index in [1.807, 2.05) is 14.0 Å². The van der Waals surface area contributed by atoms with Crippen molar-refractivity contribution in [2.45, 2.75) is 33.2 Å². The van der Waals surface area contributed by atoms with Gasteiger partial charge in [-0.1, -0.05) is 23.2 Å². The molecule has 0 aliphatic heterocycles. The minimum atomic E-state index is -0.177. The zero-order valence-corrected chi connectivity index (χ0v) is 15.3. The normalized spacial score (nSPS) is 11.4. The summed E-state index contributed by atoms with van der Waals surface area (Å²) in [7, 11) is 1.85. The van der Waals surface area contributed by atoms with Gasteiger partial charge in [-0.3, -0.25) is 4.79 Å². The minimum Gasteiger partial charge on any atom is -0.466 e. The topological polar surface area (TPSA) is 67.7 Å². The van der Waals surface area contributed by atoms with E-state index in [0.717, 1.165) is 12.2 Å². The molecule has 23 heavy (non-hydrogen) atoms. The summed E-state index contributed by atoms with van der Waals surface area (Å²) in [6.07, 6.45) is 1.08. The van der Waals surface area contributed by atoms with Gasteiger partial charge in [-0.05, 0) is 26.3 Å². The van der Waals surface area contributed by atoms with Crippen LogP contribution in [-0.2, 0) is 23.1 Å². The Morgan fingerprint density at radius 1 is 1.35 bits per heavy atom. The molecule has 0 aromatic carbocycles. The highest BCUT2D eigenvalue weighted by Gasteiger charge is 2.08. The highest BCUT2D eigenvalue weighted by atomic mass is 35.5. The van der Waals surface area contributed by atoms with Gasteiger partial charge in [-0.25, -0.2) is 4.99 Å². The molecular formula is C15H24Cl2N4O2. The van der Waals surface area contributed by atoms with Crippen LogP contribution in [0, 0.1) is 0 Å². The van der Waals surface area contributed by atoms with Crippen LogP contribution >= 0.6 is 23.2 Å². The number of ether oxygens (including phenoxy) is 1. The van der Waals surface area contributed by atoms with Crippen molar-refractivity contribution in [2.24, 2.45) is 12.0 Å². The van der Waals surface area contributed by atoms with Gasteiger partial charge in [0, 0.05) is 32.3 Å². The van der Waals surface area contributed by atoms with Gasteiger partial charge < -0.3 is 19.9 Å². The molecular weight excluding hydrogens is 339 g/mol. The van der Waals surface area contributed by atoms with Gasteiger partial charge in [0.05, 0.1) is 18.2 Å². The summed E-state index contributed by atoms with van der Waals surface area (Å²) in [6, 6.07) is 1.80. The molecule has 1 aromatic rings. The molecule has 8 heteroatoms. The quantitative estimate of drug-likeness (QED) is 0.323. The molecule has 0 aliphatic carbocycles. The number of hydrogen-bond acceptors (Lipinski definition) is 3. The molecule has 0 radical (unpaired) electrons. The Kier molecular flexibility index (Phi) is 8.87. The van der Waals surface area contributed by atoms with Crippen molar-refractivity contribution in [3.8, 4) is 0 Å². The first-order chi connectivity index (χ1) is 11.0. The molecule has 1 aromatic heterocycles. The smallest absolute Gasteiger partial charge is 0.305 e. The van der Waals surface area contributed by atoms with Crippen LogP contribution in [0.4, 0.5) is 0 Å². The summed E-state index contributed by atoms with van der Waals surface area (Å²) >= 11 is 12.0. The molecule has 0 unspecified atom stereocenters. The van der Waals surface area contributed by atoms with Crippen molar-refractivity contribution in [3.63, 3.8) is 0 Å². The molecule has 1 heterocycles. The molecule has 130 valence electrons. The zero-order valence-electron chi connectivity index (χ0n) is 13.8. The van der Waals surface area contributed by atoms with E-state index in [1.165, 1.54) is 0 Å². The van der Waals surface area contributed by atoms with Crippen molar-refractivity contribution in [3.05, 3.63) is 21.9 Å². The van der Waals surface area contributed by atoms with Crippen LogP contribution in [0.25, 0.3) is 0 Å². The van der Waals surface area contributed by atoms with Crippen molar-refractivity contribution in [2.75, 3.05) is 19.7 Å². The number of aromatic nitrogens is 1. The van der Waals surface area contributed by atoms with Crippen LogP contribution in [0.2, 0.25) is 10.2 Å². The van der Waals surface area contributed by atoms with Crippen molar-refractivity contribution >= 4 is 35.1 Å². The molecule has 0 saturated heterocycles. The van der Waals surface area contributed by atoms with Crippen LogP contribution in [0.1, 0.15) is 32.4 Å². The second-order valence-corrected chi connectivity index (χ2v) is 5.63. The predicted molar refractivity (Wildman–Crippen MR) is 94.1 cm³/mol. The van der Waals surface area contributed by atoms with Gasteiger partial charge in [0.25, 0.3) is 0 Å². The number of hydrogen-bond donors (Lipinski definition) is 2. The molecule has 0 bridgehead atoms. The van der Waals surface area contributed by atoms with Crippen molar-refractivity contribution < 1.29 is 9.53 Å². The average Bonchev–Trinajstić information content (AvgIpc) is 2.76. The standard InChI is InChI=1S/C15H24Cl2N4O2/c1-4-18-15(19-8-6-7-13(22)23-5-2)20-10-11-9-12(16)14(17)21(11)3/h9H,4-8,10H2,1-3H3,(H2,18,19,20). The van der Waals surface area contributed by atoms with E-state index in [4.69, 9.17) is 27.9 Å². The third kappa shape index (κ3) is 6.71. The largest absolute Gasteiger partial charge is 0.466 e. The maximum absolute atomic E-state index is 11.3. The van der Waals surface area contributed by atoms with Crippen LogP contribution in [-0.4, -0.2) is 36.2 Å². The number of carbonyl (C=O) groups is 1. The third-order valence-corrected chi connectivity index (χ3v) is 3.96. The Morgan fingerprint density at radius 2 is 2.09 bits per heavy atom. The fourth-order valence-electron chi connectivity index (χ4n) is 1.92. The monoisotopic (exact) mass is 362 g/mol. The average molecular weight is 363 g/mol. The van der Waals surface area contributed by atoms with Gasteiger partial charge in [-0.15, -0.1) is 0 Å². The maximum Gasteiger partial charge on any atom is 0.305 e. The summed E-state index contributed by atoms with van der Waals surface area (Å²) in [6.45, 7) is 6.05. The Morgan fingerprint density at radius 3 is 2.65 bits per heavy atom. The highest BCUT2D eigenvalue weighted by molar-refractivity contribution is 6.41. The van der Waals surface area contributed by atoms with E-state index in [2.05, 4.69) is 15.6 Å². The molecule has 0 aliphatic rings. The minimum absolute atomic E-state index is 0.177. The summed E-state index contributed by atoms with van der Waals surface area (Å²) in [5.74, 6) is 0.508. The molecule has 0 saturated carbocycles. The number of guanidine groups is 1. The number of aliphatic imine (C=N–C) groups is 1. The zero-order chi connectivity index (χ0) is 17.2. The van der Waals surface area contributed by atoms with Gasteiger partial charge in [-0.2, -0.15) is 0 Å². The van der Waals surface area contributed by atoms with Crippen LogP contribution in [0.15, 0.2) is 11.1 Å². The fourth-order valence-corrected chi connectivity index (χ4v) is 2.33. The Bertz CT molecular complexity index is 544. The lowest BCUT2D eigenvalue weighted by Gasteiger charge is -2.11. The van der Waals surface area contributed by atoms with Crippen molar-refractivity contribution in [1.29, 1.82) is 0 Å². The van der Waals surface area contributed by atoms with Gasteiger partial charge in [0.15, 0.2) is 5.96 Å². The summed E-state index contributed by atoms with van der Waals surface area (Å²) in [5, 5.41) is 7.36. The number of nitrogens with zero attached hydrogens (tertiary/aromatic N) is 2. The van der Waals surface area contributed by atoms with E-state index >= 15 is 0 Å². The lowest BCUT2D eigenvalue weighted by molar-refractivity contribution is -0.143. The van der Waals surface area contributed by atoms with E-state index in [9.17, 15) is 4.79 Å². The number of halogens is 2. The van der Waals surface area contributed by atoms with Crippen LogP contribution in [0.5, 0.6) is 0 Å². The number of rotatable bonds is 8. The lowest BCUT2D eigenvalue weighted by Crippen LogP contribution is -2.38. The van der Waals surface area contributed by atoms with E-state index < -0.39 is 0 Å². The maximum atomic E-state index is 11.3. The molecule has 0 fully saturated rings. The summed E-state index contributed by atoms with van der Waals surface area (Å²) < 4.78 is 6.69. The van der Waals surface area contributed by atoms with Crippen molar-refractivity contribution in [1.82, 2.24) is 15.2 Å². The summed E-state index contributed by atoms with van der Waals surface area (Å²) in [4.78, 5) is 15.8. The number of carbonyl (C=O) groups excluding carboxylic acids is 1. The van der Waals surface area contributed by atoms with Crippen LogP contribution in [0.3, 0.4) is 0 Å². The van der Waals surface area contributed by atoms with E-state index in [1.54, 1.807) is 17.6 Å². The predicted octanol–water partition coefficient (Wildman–Crippen LogP) is 2.73. The number of esters is 1. The first kappa shape index (κ1) is 19.6. The number of nitrogens with one attached hydrogen (secondary N) is 2. The van der Waals surface area contributed by atoms with Gasteiger partial charge >= 0.3 is 5.97 Å². The molecule has 0 amide bonds. The Balaban J connectivity index is 2.50. The van der Waals surface area contributed by atoms with Crippen LogP contribution < -0.4 is 10.6 Å². The molecule has 1 rings (SSSR count). The third-order valence-electron chi connectivity index (χ3n) is 3.11.